The van der Waals surface area contributed by atoms with E-state index in [-0.39, 0.29) is 6.09 Å². The second-order valence-electron chi connectivity index (χ2n) is 6.58. The van der Waals surface area contributed by atoms with Gasteiger partial charge in [0.15, 0.2) is 5.79 Å². The molecule has 1 fully saturated rings. The van der Waals surface area contributed by atoms with E-state index in [1.54, 1.807) is 6.20 Å². The quantitative estimate of drug-likeness (QED) is 0.807. The summed E-state index contributed by atoms with van der Waals surface area (Å²) in [5, 5.41) is 0.948. The Kier molecular flexibility index (Phi) is 3.50. The van der Waals surface area contributed by atoms with E-state index in [1.165, 1.54) is 4.57 Å². The van der Waals surface area contributed by atoms with Crippen molar-refractivity contribution in [1.82, 2.24) is 4.57 Å². The molecule has 1 aliphatic heterocycles. The Balaban J connectivity index is 1.95. The van der Waals surface area contributed by atoms with Crippen molar-refractivity contribution in [3.05, 3.63) is 36.0 Å². The van der Waals surface area contributed by atoms with Gasteiger partial charge in [0.2, 0.25) is 0 Å². The van der Waals surface area contributed by atoms with Gasteiger partial charge in [-0.3, -0.25) is 4.57 Å². The van der Waals surface area contributed by atoms with Gasteiger partial charge >= 0.3 is 6.09 Å². The summed E-state index contributed by atoms with van der Waals surface area (Å²) in [6.45, 7) is 8.64. The van der Waals surface area contributed by atoms with Gasteiger partial charge in [0.1, 0.15) is 5.60 Å². The number of fused-ring (bicyclic) bond motifs is 1. The second kappa shape index (κ2) is 5.11. The molecule has 1 aromatic carbocycles. The molecule has 5 nitrogen and oxygen atoms in total. The minimum atomic E-state index is -0.706. The minimum absolute atomic E-state index is 0.380. The number of ether oxygens (including phenoxy) is 3. The first-order valence-corrected chi connectivity index (χ1v) is 7.41. The van der Waals surface area contributed by atoms with E-state index in [4.69, 9.17) is 14.2 Å². The van der Waals surface area contributed by atoms with Crippen molar-refractivity contribution in [2.45, 2.75) is 39.1 Å². The SMILES string of the molecule is CC(C)(C)OC(=O)n1ccc2cc(C3(C)OCCO3)ccc21. The standard InChI is InChI=1S/C17H21NO4/c1-16(2,3)22-15(19)18-8-7-12-11-13(5-6-14(12)18)17(4)20-9-10-21-17/h5-8,11H,9-10H2,1-4H3. The lowest BCUT2D eigenvalue weighted by Gasteiger charge is -2.23. The molecule has 22 heavy (non-hydrogen) atoms. The van der Waals surface area contributed by atoms with Crippen LogP contribution in [0.3, 0.4) is 0 Å². The zero-order valence-corrected chi connectivity index (χ0v) is 13.4. The Morgan fingerprint density at radius 1 is 1.23 bits per heavy atom. The molecule has 1 saturated heterocycles. The van der Waals surface area contributed by atoms with Crippen molar-refractivity contribution in [1.29, 1.82) is 0 Å². The van der Waals surface area contributed by atoms with Gasteiger partial charge in [-0.2, -0.15) is 0 Å². The molecule has 0 atom stereocenters. The van der Waals surface area contributed by atoms with E-state index < -0.39 is 11.4 Å². The van der Waals surface area contributed by atoms with Crippen molar-refractivity contribution in [3.63, 3.8) is 0 Å². The summed E-state index contributed by atoms with van der Waals surface area (Å²) in [5.41, 5.74) is 1.23. The average molecular weight is 303 g/mol. The molecule has 2 heterocycles. The third kappa shape index (κ3) is 2.74. The summed E-state index contributed by atoms with van der Waals surface area (Å²) in [7, 11) is 0. The second-order valence-corrected chi connectivity index (χ2v) is 6.58. The fourth-order valence-corrected chi connectivity index (χ4v) is 2.58. The van der Waals surface area contributed by atoms with Crippen molar-refractivity contribution in [2.24, 2.45) is 0 Å². The van der Waals surface area contributed by atoms with Crippen LogP contribution in [0.1, 0.15) is 33.3 Å². The lowest BCUT2D eigenvalue weighted by Crippen LogP contribution is -2.26. The summed E-state index contributed by atoms with van der Waals surface area (Å²) in [5.74, 6) is -0.706. The fourth-order valence-electron chi connectivity index (χ4n) is 2.58. The Hall–Kier alpha value is -1.85. The van der Waals surface area contributed by atoms with Gasteiger partial charge < -0.3 is 14.2 Å². The molecule has 0 aliphatic carbocycles. The molecule has 0 radical (unpaired) electrons. The highest BCUT2D eigenvalue weighted by Gasteiger charge is 2.33. The van der Waals surface area contributed by atoms with Gasteiger partial charge in [0, 0.05) is 17.1 Å². The molecule has 1 aliphatic rings. The number of nitrogens with zero attached hydrogens (tertiary/aromatic N) is 1. The Labute approximate surface area is 129 Å². The summed E-state index contributed by atoms with van der Waals surface area (Å²) in [6, 6.07) is 7.70. The monoisotopic (exact) mass is 303 g/mol. The van der Waals surface area contributed by atoms with Gasteiger partial charge in [-0.15, -0.1) is 0 Å². The van der Waals surface area contributed by atoms with Crippen LogP contribution in [0.4, 0.5) is 4.79 Å². The van der Waals surface area contributed by atoms with Crippen LogP contribution in [0, 0.1) is 0 Å². The zero-order valence-electron chi connectivity index (χ0n) is 13.4. The van der Waals surface area contributed by atoms with E-state index >= 15 is 0 Å². The van der Waals surface area contributed by atoms with Gasteiger partial charge in [0.25, 0.3) is 0 Å². The molecule has 5 heteroatoms. The van der Waals surface area contributed by atoms with E-state index in [9.17, 15) is 4.79 Å². The predicted molar refractivity (Wildman–Crippen MR) is 82.8 cm³/mol. The molecule has 118 valence electrons. The summed E-state index contributed by atoms with van der Waals surface area (Å²) >= 11 is 0. The molecular formula is C17H21NO4. The summed E-state index contributed by atoms with van der Waals surface area (Å²) in [6.07, 6.45) is 1.34. The normalized spacial score (nSPS) is 17.8. The third-order valence-corrected chi connectivity index (χ3v) is 3.64. The largest absolute Gasteiger partial charge is 0.443 e. The van der Waals surface area contributed by atoms with Crippen LogP contribution in [0.2, 0.25) is 0 Å². The lowest BCUT2D eigenvalue weighted by atomic mass is 10.1. The highest BCUT2D eigenvalue weighted by Crippen LogP contribution is 2.33. The van der Waals surface area contributed by atoms with Crippen molar-refractivity contribution < 1.29 is 19.0 Å². The number of carbonyl (C=O) groups is 1. The molecule has 1 aromatic heterocycles. The maximum absolute atomic E-state index is 12.2. The number of rotatable bonds is 1. The smallest absolute Gasteiger partial charge is 0.418 e. The van der Waals surface area contributed by atoms with Crippen LogP contribution in [0.15, 0.2) is 30.5 Å². The van der Waals surface area contributed by atoms with Crippen molar-refractivity contribution in [2.75, 3.05) is 13.2 Å². The van der Waals surface area contributed by atoms with E-state index in [0.29, 0.717) is 13.2 Å². The van der Waals surface area contributed by atoms with Crippen molar-refractivity contribution >= 4 is 17.0 Å². The highest BCUT2D eigenvalue weighted by molar-refractivity contribution is 5.90. The van der Waals surface area contributed by atoms with Gasteiger partial charge in [-0.05, 0) is 45.9 Å². The molecule has 3 rings (SSSR count). The van der Waals surface area contributed by atoms with Crippen LogP contribution in [0.5, 0.6) is 0 Å². The summed E-state index contributed by atoms with van der Waals surface area (Å²) < 4.78 is 18.3. The van der Waals surface area contributed by atoms with Crippen LogP contribution in [0.25, 0.3) is 10.9 Å². The predicted octanol–water partition coefficient (Wildman–Crippen LogP) is 3.64. The molecule has 0 bridgehead atoms. The number of aromatic nitrogens is 1. The van der Waals surface area contributed by atoms with E-state index in [2.05, 4.69) is 0 Å². The van der Waals surface area contributed by atoms with Gasteiger partial charge in [0.05, 0.1) is 18.7 Å². The number of hydrogen-bond acceptors (Lipinski definition) is 4. The molecule has 2 aromatic rings. The molecule has 0 N–H and O–H groups in total. The van der Waals surface area contributed by atoms with Crippen LogP contribution in [-0.2, 0) is 20.0 Å². The summed E-state index contributed by atoms with van der Waals surface area (Å²) in [4.78, 5) is 12.2. The first-order chi connectivity index (χ1) is 10.3. The van der Waals surface area contributed by atoms with Gasteiger partial charge in [-0.25, -0.2) is 4.79 Å². The Bertz CT molecular complexity index is 705. The van der Waals surface area contributed by atoms with E-state index in [1.807, 2.05) is 52.0 Å². The molecule has 0 unspecified atom stereocenters. The molecular weight excluding hydrogens is 282 g/mol. The fraction of sp³-hybridized carbons (Fsp3) is 0.471. The first-order valence-electron chi connectivity index (χ1n) is 7.41. The first kappa shape index (κ1) is 15.1. The average Bonchev–Trinajstić information content (AvgIpc) is 3.02. The lowest BCUT2D eigenvalue weighted by molar-refractivity contribution is -0.149. The molecule has 0 spiro atoms. The number of hydrogen-bond donors (Lipinski definition) is 0. The molecule has 0 saturated carbocycles. The topological polar surface area (TPSA) is 49.7 Å². The Morgan fingerprint density at radius 2 is 1.91 bits per heavy atom. The third-order valence-electron chi connectivity index (χ3n) is 3.64. The van der Waals surface area contributed by atoms with Gasteiger partial charge in [-0.1, -0.05) is 6.07 Å². The zero-order chi connectivity index (χ0) is 16.0. The number of carbonyl (C=O) groups excluding carboxylic acids is 1. The highest BCUT2D eigenvalue weighted by atomic mass is 16.7. The van der Waals surface area contributed by atoms with Crippen LogP contribution in [-0.4, -0.2) is 29.5 Å². The van der Waals surface area contributed by atoms with Crippen LogP contribution >= 0.6 is 0 Å². The molecule has 0 amide bonds. The maximum atomic E-state index is 12.2. The minimum Gasteiger partial charge on any atom is -0.443 e. The number of benzene rings is 1. The van der Waals surface area contributed by atoms with E-state index in [0.717, 1.165) is 16.5 Å². The van der Waals surface area contributed by atoms with Crippen LogP contribution < -0.4 is 0 Å². The van der Waals surface area contributed by atoms with Crippen molar-refractivity contribution in [3.8, 4) is 0 Å². The maximum Gasteiger partial charge on any atom is 0.418 e. The Morgan fingerprint density at radius 3 is 2.55 bits per heavy atom.